The van der Waals surface area contributed by atoms with Crippen LogP contribution in [0.5, 0.6) is 0 Å². The number of hydrogen-bond acceptors (Lipinski definition) is 6. The Bertz CT molecular complexity index is 1580. The van der Waals surface area contributed by atoms with Crippen molar-refractivity contribution in [1.29, 1.82) is 0 Å². The third kappa shape index (κ3) is 3.96. The molecule has 3 aromatic rings. The van der Waals surface area contributed by atoms with E-state index in [0.717, 1.165) is 47.2 Å². The molecule has 1 N–H and O–H groups in total. The quantitative estimate of drug-likeness (QED) is 0.386. The Balaban J connectivity index is 1.43. The number of aliphatic hydroxyl groups is 1. The molecular formula is C27H25ClN6O2. The normalized spacial score (nSPS) is 18.2. The van der Waals surface area contributed by atoms with Gasteiger partial charge >= 0.3 is 0 Å². The van der Waals surface area contributed by atoms with Crippen molar-refractivity contribution >= 4 is 22.5 Å². The number of fused-ring (bicyclic) bond motifs is 3. The first-order valence-electron chi connectivity index (χ1n) is 12.1. The van der Waals surface area contributed by atoms with E-state index in [2.05, 4.69) is 15.1 Å². The Morgan fingerprint density at radius 1 is 1.00 bits per heavy atom. The van der Waals surface area contributed by atoms with Gasteiger partial charge in [-0.3, -0.25) is 19.4 Å². The standard InChI is InChI=1S/C27H25ClN6O2/c1-16-9-11-18(14-29-16)21-12-10-17(13-30-21)15-33-26-19(5-4-6-20(26)28)24-25(31-33)27(36)34(32-24)22-7-2-3-8-23(22)35/h4-6,9-14,22-23,35H,2-3,7-8,15H2,1H3/t22?,23-/m0/s1. The molecule has 4 heterocycles. The van der Waals surface area contributed by atoms with Crippen LogP contribution in [0.1, 0.15) is 43.0 Å². The van der Waals surface area contributed by atoms with Gasteiger partial charge in [-0.25, -0.2) is 4.68 Å². The van der Waals surface area contributed by atoms with E-state index in [1.165, 1.54) is 4.68 Å². The smallest absolute Gasteiger partial charge is 0.297 e. The van der Waals surface area contributed by atoms with E-state index in [-0.39, 0.29) is 17.3 Å². The predicted octanol–water partition coefficient (Wildman–Crippen LogP) is 4.64. The van der Waals surface area contributed by atoms with Gasteiger partial charge in [-0.2, -0.15) is 10.2 Å². The first-order valence-corrected chi connectivity index (χ1v) is 12.5. The molecule has 2 aromatic heterocycles. The molecule has 36 heavy (non-hydrogen) atoms. The maximum Gasteiger partial charge on any atom is 0.297 e. The van der Waals surface area contributed by atoms with Crippen molar-refractivity contribution in [3.05, 3.63) is 81.5 Å². The molecule has 2 aliphatic heterocycles. The Morgan fingerprint density at radius 2 is 1.86 bits per heavy atom. The zero-order valence-electron chi connectivity index (χ0n) is 19.8. The van der Waals surface area contributed by atoms with E-state index in [4.69, 9.17) is 16.7 Å². The monoisotopic (exact) mass is 500 g/mol. The minimum atomic E-state index is -0.587. The van der Waals surface area contributed by atoms with Crippen LogP contribution >= 0.6 is 11.6 Å². The van der Waals surface area contributed by atoms with Crippen molar-refractivity contribution in [2.24, 2.45) is 0 Å². The maximum atomic E-state index is 13.4. The lowest BCUT2D eigenvalue weighted by Crippen LogP contribution is -2.33. The molecule has 3 aliphatic rings. The van der Waals surface area contributed by atoms with E-state index in [1.54, 1.807) is 16.9 Å². The molecule has 1 fully saturated rings. The summed E-state index contributed by atoms with van der Waals surface area (Å²) in [5.41, 5.74) is 4.84. The summed E-state index contributed by atoms with van der Waals surface area (Å²) in [5.74, 6) is 0. The summed E-state index contributed by atoms with van der Waals surface area (Å²) < 4.78 is 3.17. The van der Waals surface area contributed by atoms with Crippen molar-refractivity contribution < 1.29 is 5.11 Å². The van der Waals surface area contributed by atoms with Crippen LogP contribution in [-0.2, 0) is 6.54 Å². The van der Waals surface area contributed by atoms with Gasteiger partial charge in [-0.05, 0) is 49.6 Å². The second-order valence-corrected chi connectivity index (χ2v) is 9.81. The molecule has 1 aliphatic carbocycles. The zero-order chi connectivity index (χ0) is 24.8. The van der Waals surface area contributed by atoms with Crippen LogP contribution in [0.25, 0.3) is 33.5 Å². The molecule has 9 heteroatoms. The van der Waals surface area contributed by atoms with Gasteiger partial charge in [0, 0.05) is 29.0 Å². The molecule has 6 rings (SSSR count). The van der Waals surface area contributed by atoms with Crippen LogP contribution in [-0.4, -0.2) is 40.7 Å². The molecule has 1 aromatic carbocycles. The third-order valence-electron chi connectivity index (χ3n) is 6.94. The van der Waals surface area contributed by atoms with Crippen molar-refractivity contribution in [3.8, 4) is 22.6 Å². The molecule has 2 atom stereocenters. The minimum absolute atomic E-state index is 0.276. The van der Waals surface area contributed by atoms with Crippen molar-refractivity contribution in [3.63, 3.8) is 0 Å². The van der Waals surface area contributed by atoms with Crippen LogP contribution in [0, 0.1) is 6.92 Å². The summed E-state index contributed by atoms with van der Waals surface area (Å²) in [6.07, 6.45) is 6.33. The average Bonchev–Trinajstić information content (AvgIpc) is 3.21. The van der Waals surface area contributed by atoms with E-state index in [9.17, 15) is 9.90 Å². The molecule has 1 unspecified atom stereocenters. The predicted molar refractivity (Wildman–Crippen MR) is 138 cm³/mol. The number of rotatable bonds is 4. The maximum absolute atomic E-state index is 13.4. The second-order valence-electron chi connectivity index (χ2n) is 9.40. The minimum Gasteiger partial charge on any atom is -0.391 e. The highest BCUT2D eigenvalue weighted by Gasteiger charge is 2.31. The van der Waals surface area contributed by atoms with E-state index >= 15 is 0 Å². The highest BCUT2D eigenvalue weighted by molar-refractivity contribution is 6.35. The van der Waals surface area contributed by atoms with Crippen LogP contribution in [0.4, 0.5) is 0 Å². The summed E-state index contributed by atoms with van der Waals surface area (Å²) in [4.78, 5) is 22.4. The fraction of sp³-hybridized carbons (Fsp3) is 0.296. The van der Waals surface area contributed by atoms with Gasteiger partial charge in [0.15, 0.2) is 5.69 Å². The van der Waals surface area contributed by atoms with Crippen LogP contribution in [0.3, 0.4) is 0 Å². The Kier molecular flexibility index (Phi) is 5.78. The summed E-state index contributed by atoms with van der Waals surface area (Å²) in [6, 6.07) is 13.1. The van der Waals surface area contributed by atoms with Gasteiger partial charge in [0.1, 0.15) is 5.69 Å². The Labute approximate surface area is 212 Å². The molecule has 0 spiro atoms. The average molecular weight is 501 g/mol. The summed E-state index contributed by atoms with van der Waals surface area (Å²) in [5, 5.41) is 21.2. The lowest BCUT2D eigenvalue weighted by molar-refractivity contribution is 0.0681. The lowest BCUT2D eigenvalue weighted by atomic mass is 9.93. The summed E-state index contributed by atoms with van der Waals surface area (Å²) in [6.45, 7) is 2.33. The van der Waals surface area contributed by atoms with Crippen LogP contribution in [0.2, 0.25) is 5.02 Å². The molecule has 0 saturated heterocycles. The number of halogens is 1. The zero-order valence-corrected chi connectivity index (χ0v) is 20.6. The highest BCUT2D eigenvalue weighted by atomic mass is 35.5. The SMILES string of the molecule is Cc1ccc(-c2ccc(Cn3nc4c(=O)n(C5CCCC[C@@H]5O)nc-4c4cccc(Cl)c43)cn2)cn1. The number of benzene rings is 1. The molecule has 0 bridgehead atoms. The fourth-order valence-corrected chi connectivity index (χ4v) is 5.29. The topological polar surface area (TPSA) is 98.7 Å². The number of aliphatic hydroxyl groups excluding tert-OH is 1. The first-order chi connectivity index (χ1) is 17.5. The van der Waals surface area contributed by atoms with Crippen LogP contribution < -0.4 is 5.56 Å². The number of pyridine rings is 2. The number of aryl methyl sites for hydroxylation is 1. The second kappa shape index (κ2) is 9.11. The van der Waals surface area contributed by atoms with Crippen molar-refractivity contribution in [2.75, 3.05) is 0 Å². The van der Waals surface area contributed by atoms with E-state index < -0.39 is 6.10 Å². The van der Waals surface area contributed by atoms with Crippen LogP contribution in [0.15, 0.2) is 59.7 Å². The number of hydrogen-bond donors (Lipinski definition) is 1. The van der Waals surface area contributed by atoms with Crippen molar-refractivity contribution in [2.45, 2.75) is 51.3 Å². The fourth-order valence-electron chi connectivity index (χ4n) is 5.02. The third-order valence-corrected chi connectivity index (χ3v) is 7.24. The number of aromatic nitrogens is 6. The van der Waals surface area contributed by atoms with Gasteiger partial charge in [-0.1, -0.05) is 42.6 Å². The van der Waals surface area contributed by atoms with E-state index in [1.807, 2.05) is 49.5 Å². The summed E-state index contributed by atoms with van der Waals surface area (Å²) in [7, 11) is 0. The van der Waals surface area contributed by atoms with Gasteiger partial charge in [0.25, 0.3) is 5.56 Å². The molecule has 0 radical (unpaired) electrons. The molecule has 182 valence electrons. The van der Waals surface area contributed by atoms with Crippen molar-refractivity contribution in [1.82, 2.24) is 29.5 Å². The first kappa shape index (κ1) is 22.8. The largest absolute Gasteiger partial charge is 0.391 e. The van der Waals surface area contributed by atoms with Gasteiger partial charge in [-0.15, -0.1) is 0 Å². The molecule has 8 nitrogen and oxygen atoms in total. The molecule has 0 amide bonds. The molecule has 1 saturated carbocycles. The number of para-hydroxylation sites is 1. The highest BCUT2D eigenvalue weighted by Crippen LogP contribution is 2.33. The van der Waals surface area contributed by atoms with Gasteiger partial charge < -0.3 is 5.11 Å². The van der Waals surface area contributed by atoms with E-state index in [0.29, 0.717) is 29.2 Å². The summed E-state index contributed by atoms with van der Waals surface area (Å²) >= 11 is 6.63. The number of nitrogens with zero attached hydrogens (tertiary/aromatic N) is 6. The Hall–Kier alpha value is -3.62. The lowest BCUT2D eigenvalue weighted by Gasteiger charge is -2.26. The van der Waals surface area contributed by atoms with Gasteiger partial charge in [0.05, 0.1) is 34.9 Å². The van der Waals surface area contributed by atoms with Gasteiger partial charge in [0.2, 0.25) is 0 Å². The Morgan fingerprint density at radius 3 is 2.61 bits per heavy atom. The molecular weight excluding hydrogens is 476 g/mol.